The summed E-state index contributed by atoms with van der Waals surface area (Å²) in [7, 11) is 0. The maximum absolute atomic E-state index is 13.1. The molecule has 0 spiro atoms. The molecule has 0 aliphatic rings. The van der Waals surface area contributed by atoms with Crippen LogP contribution in [0.1, 0.15) is 16.1 Å². The van der Waals surface area contributed by atoms with Crippen molar-refractivity contribution < 1.29 is 14.3 Å². The van der Waals surface area contributed by atoms with Gasteiger partial charge in [0.05, 0.1) is 5.56 Å². The average molecular weight is 295 g/mol. The third-order valence-corrected chi connectivity index (χ3v) is 3.65. The van der Waals surface area contributed by atoms with Gasteiger partial charge >= 0.3 is 5.97 Å². The van der Waals surface area contributed by atoms with Gasteiger partial charge in [-0.05, 0) is 36.8 Å². The molecule has 2 aromatic carbocycles. The second kappa shape index (κ2) is 5.48. The van der Waals surface area contributed by atoms with Gasteiger partial charge in [0.2, 0.25) is 0 Å². The first kappa shape index (κ1) is 14.1. The quantitative estimate of drug-likeness (QED) is 0.783. The maximum atomic E-state index is 13.1. The molecule has 0 fully saturated rings. The summed E-state index contributed by atoms with van der Waals surface area (Å²) in [5.74, 6) is -1.34. The molecule has 0 radical (unpaired) electrons. The van der Waals surface area contributed by atoms with E-state index in [2.05, 4.69) is 0 Å². The van der Waals surface area contributed by atoms with Crippen LogP contribution in [-0.4, -0.2) is 15.6 Å². The molecular formula is C18H14FNO2. The fourth-order valence-corrected chi connectivity index (χ4v) is 2.58. The van der Waals surface area contributed by atoms with Crippen LogP contribution in [0.4, 0.5) is 4.39 Å². The molecule has 4 heteroatoms. The number of benzene rings is 2. The zero-order valence-electron chi connectivity index (χ0n) is 12.0. The lowest BCUT2D eigenvalue weighted by Crippen LogP contribution is -2.02. The van der Waals surface area contributed by atoms with Gasteiger partial charge in [-0.25, -0.2) is 9.18 Å². The van der Waals surface area contributed by atoms with Crippen molar-refractivity contribution in [2.75, 3.05) is 0 Å². The highest BCUT2D eigenvalue weighted by Gasteiger charge is 2.20. The third kappa shape index (κ3) is 2.39. The van der Waals surface area contributed by atoms with Crippen LogP contribution in [0.5, 0.6) is 0 Å². The number of para-hydroxylation sites is 1. The number of halogens is 1. The fraction of sp³-hybridized carbons (Fsp3) is 0.0556. The van der Waals surface area contributed by atoms with Gasteiger partial charge in [-0.15, -0.1) is 0 Å². The number of nitrogens with zero attached hydrogens (tertiary/aromatic N) is 1. The van der Waals surface area contributed by atoms with Crippen molar-refractivity contribution in [2.45, 2.75) is 6.92 Å². The first-order valence-corrected chi connectivity index (χ1v) is 6.84. The van der Waals surface area contributed by atoms with E-state index in [1.807, 2.05) is 34.9 Å². The Morgan fingerprint density at radius 2 is 1.68 bits per heavy atom. The zero-order valence-corrected chi connectivity index (χ0v) is 12.0. The second-order valence-electron chi connectivity index (χ2n) is 5.02. The highest BCUT2D eigenvalue weighted by atomic mass is 19.1. The van der Waals surface area contributed by atoms with Gasteiger partial charge in [0.25, 0.3) is 0 Å². The molecule has 0 saturated heterocycles. The first-order chi connectivity index (χ1) is 10.6. The lowest BCUT2D eigenvalue weighted by Gasteiger charge is -2.05. The van der Waals surface area contributed by atoms with Crippen LogP contribution in [0.15, 0.2) is 60.8 Å². The van der Waals surface area contributed by atoms with E-state index in [9.17, 15) is 14.3 Å². The molecule has 0 aliphatic heterocycles. The SMILES string of the molecule is Cc1c(C(=O)O)c(-c2ccc(F)cc2)cn1-c1ccccc1. The van der Waals surface area contributed by atoms with E-state index in [1.54, 1.807) is 25.3 Å². The average Bonchev–Trinajstić information content (AvgIpc) is 2.86. The number of carbonyl (C=O) groups is 1. The summed E-state index contributed by atoms with van der Waals surface area (Å²) in [5, 5.41) is 9.54. The molecule has 1 heterocycles. The highest BCUT2D eigenvalue weighted by Crippen LogP contribution is 2.30. The van der Waals surface area contributed by atoms with Gasteiger partial charge in [-0.3, -0.25) is 0 Å². The molecule has 0 saturated carbocycles. The van der Waals surface area contributed by atoms with E-state index in [0.717, 1.165) is 5.69 Å². The largest absolute Gasteiger partial charge is 0.478 e. The van der Waals surface area contributed by atoms with E-state index in [4.69, 9.17) is 0 Å². The van der Waals surface area contributed by atoms with Crippen LogP contribution < -0.4 is 0 Å². The predicted molar refractivity (Wildman–Crippen MR) is 82.9 cm³/mol. The molecule has 0 aliphatic carbocycles. The predicted octanol–water partition coefficient (Wildman–Crippen LogP) is 4.29. The van der Waals surface area contributed by atoms with Crippen molar-refractivity contribution in [3.05, 3.63) is 77.9 Å². The molecule has 0 unspecified atom stereocenters. The van der Waals surface area contributed by atoms with Crippen LogP contribution in [0.2, 0.25) is 0 Å². The van der Waals surface area contributed by atoms with E-state index < -0.39 is 5.97 Å². The van der Waals surface area contributed by atoms with Crippen molar-refractivity contribution in [1.82, 2.24) is 4.57 Å². The van der Waals surface area contributed by atoms with Crippen LogP contribution >= 0.6 is 0 Å². The molecule has 0 amide bonds. The van der Waals surface area contributed by atoms with Crippen LogP contribution in [0.3, 0.4) is 0 Å². The Morgan fingerprint density at radius 3 is 2.27 bits per heavy atom. The number of rotatable bonds is 3. The summed E-state index contributed by atoms with van der Waals surface area (Å²) >= 11 is 0. The minimum atomic E-state index is -0.994. The summed E-state index contributed by atoms with van der Waals surface area (Å²) in [6, 6.07) is 15.4. The lowest BCUT2D eigenvalue weighted by atomic mass is 10.0. The molecule has 1 N–H and O–H groups in total. The van der Waals surface area contributed by atoms with Crippen LogP contribution in [-0.2, 0) is 0 Å². The van der Waals surface area contributed by atoms with Gasteiger partial charge in [0.1, 0.15) is 5.82 Å². The first-order valence-electron chi connectivity index (χ1n) is 6.84. The van der Waals surface area contributed by atoms with Crippen molar-refractivity contribution >= 4 is 5.97 Å². The van der Waals surface area contributed by atoms with Gasteiger partial charge < -0.3 is 9.67 Å². The number of aromatic carboxylic acids is 1. The molecule has 0 atom stereocenters. The van der Waals surface area contributed by atoms with E-state index >= 15 is 0 Å². The molecule has 0 bridgehead atoms. The third-order valence-electron chi connectivity index (χ3n) is 3.65. The maximum Gasteiger partial charge on any atom is 0.338 e. The smallest absolute Gasteiger partial charge is 0.338 e. The van der Waals surface area contributed by atoms with Crippen LogP contribution in [0.25, 0.3) is 16.8 Å². The summed E-state index contributed by atoms with van der Waals surface area (Å²) in [5.41, 5.74) is 3.01. The molecule has 3 rings (SSSR count). The van der Waals surface area contributed by atoms with Crippen molar-refractivity contribution in [3.8, 4) is 16.8 Å². The normalized spacial score (nSPS) is 10.6. The van der Waals surface area contributed by atoms with E-state index in [-0.39, 0.29) is 11.4 Å². The Morgan fingerprint density at radius 1 is 1.05 bits per heavy atom. The lowest BCUT2D eigenvalue weighted by molar-refractivity contribution is 0.0697. The Labute approximate surface area is 127 Å². The van der Waals surface area contributed by atoms with Gasteiger partial charge in [0.15, 0.2) is 0 Å². The van der Waals surface area contributed by atoms with Crippen molar-refractivity contribution in [3.63, 3.8) is 0 Å². The Bertz CT molecular complexity index is 820. The topological polar surface area (TPSA) is 42.2 Å². The molecule has 3 nitrogen and oxygen atoms in total. The minimum Gasteiger partial charge on any atom is -0.478 e. The number of hydrogen-bond donors (Lipinski definition) is 1. The fourth-order valence-electron chi connectivity index (χ4n) is 2.58. The highest BCUT2D eigenvalue weighted by molar-refractivity contribution is 5.97. The Kier molecular flexibility index (Phi) is 3.51. The minimum absolute atomic E-state index is 0.232. The zero-order chi connectivity index (χ0) is 15.7. The van der Waals surface area contributed by atoms with E-state index in [0.29, 0.717) is 16.8 Å². The Hall–Kier alpha value is -2.88. The van der Waals surface area contributed by atoms with Gasteiger partial charge in [-0.1, -0.05) is 30.3 Å². The summed E-state index contributed by atoms with van der Waals surface area (Å²) in [4.78, 5) is 11.6. The summed E-state index contributed by atoms with van der Waals surface area (Å²) in [6.07, 6.45) is 1.78. The summed E-state index contributed by atoms with van der Waals surface area (Å²) in [6.45, 7) is 1.77. The number of carboxylic acid groups (broad SMARTS) is 1. The van der Waals surface area contributed by atoms with Crippen LogP contribution in [0, 0.1) is 12.7 Å². The van der Waals surface area contributed by atoms with Gasteiger partial charge in [0, 0.05) is 23.1 Å². The second-order valence-corrected chi connectivity index (χ2v) is 5.02. The van der Waals surface area contributed by atoms with Gasteiger partial charge in [-0.2, -0.15) is 0 Å². The molecule has 3 aromatic rings. The molecule has 1 aromatic heterocycles. The number of carboxylic acids is 1. The monoisotopic (exact) mass is 295 g/mol. The molecule has 22 heavy (non-hydrogen) atoms. The molecule has 110 valence electrons. The van der Waals surface area contributed by atoms with Crippen molar-refractivity contribution in [1.29, 1.82) is 0 Å². The van der Waals surface area contributed by atoms with E-state index in [1.165, 1.54) is 12.1 Å². The Balaban J connectivity index is 2.22. The summed E-state index contributed by atoms with van der Waals surface area (Å²) < 4.78 is 14.9. The standard InChI is InChI=1S/C18H14FNO2/c1-12-17(18(21)22)16(13-7-9-14(19)10-8-13)11-20(12)15-5-3-2-4-6-15/h2-11H,1H3,(H,21,22). The van der Waals surface area contributed by atoms with Crippen molar-refractivity contribution in [2.24, 2.45) is 0 Å². The molecular weight excluding hydrogens is 281 g/mol. The number of aromatic nitrogens is 1. The number of hydrogen-bond acceptors (Lipinski definition) is 1.